The van der Waals surface area contributed by atoms with Gasteiger partial charge in [-0.15, -0.1) is 0 Å². The lowest BCUT2D eigenvalue weighted by Gasteiger charge is -2.35. The molecule has 0 radical (unpaired) electrons. The van der Waals surface area contributed by atoms with Crippen molar-refractivity contribution in [3.05, 3.63) is 101 Å². The van der Waals surface area contributed by atoms with Gasteiger partial charge in [-0.25, -0.2) is 4.79 Å². The smallest absolute Gasteiger partial charge is 0.408 e. The normalized spacial score (nSPS) is 12.6. The fourth-order valence-corrected chi connectivity index (χ4v) is 5.02. The average Bonchev–Trinajstić information content (AvgIpc) is 2.94. The Kier molecular flexibility index (Phi) is 11.9. The van der Waals surface area contributed by atoms with Gasteiger partial charge in [0, 0.05) is 18.7 Å². The molecule has 3 amide bonds. The van der Waals surface area contributed by atoms with Crippen molar-refractivity contribution in [1.29, 1.82) is 0 Å². The zero-order chi connectivity index (χ0) is 31.6. The van der Waals surface area contributed by atoms with Crippen molar-refractivity contribution < 1.29 is 19.1 Å². The fourth-order valence-electron chi connectivity index (χ4n) is 5.02. The molecule has 0 saturated heterocycles. The first kappa shape index (κ1) is 33.4. The Morgan fingerprint density at radius 3 is 2.19 bits per heavy atom. The van der Waals surface area contributed by atoms with Crippen LogP contribution in [0.1, 0.15) is 80.8 Å². The van der Waals surface area contributed by atoms with Crippen LogP contribution >= 0.6 is 0 Å². The van der Waals surface area contributed by atoms with Gasteiger partial charge in [0.05, 0.1) is 0 Å². The minimum absolute atomic E-state index is 0.252. The highest BCUT2D eigenvalue weighted by molar-refractivity contribution is 5.99. The lowest BCUT2D eigenvalue weighted by molar-refractivity contribution is -0.140. The standard InChI is InChI=1S/C36H47N3O4/c1-8-9-15-22-39(34(41)31(24-28-17-11-10-12-18-28)38-35(42)43-36(5,6)7)32(29-23-25(2)20-21-26(29)3)33(40)37-30-19-14-13-16-27(30)4/h10-14,16-21,23,31-32H,8-9,15,22,24H2,1-7H3,(H,37,40)(H,38,42). The van der Waals surface area contributed by atoms with E-state index in [9.17, 15) is 14.4 Å². The van der Waals surface area contributed by atoms with Gasteiger partial charge in [-0.1, -0.05) is 92.1 Å². The first-order valence-corrected chi connectivity index (χ1v) is 15.2. The number of ether oxygens (including phenoxy) is 1. The number of alkyl carbamates (subject to hydrolysis) is 1. The minimum Gasteiger partial charge on any atom is -0.444 e. The number of benzene rings is 3. The van der Waals surface area contributed by atoms with E-state index in [1.807, 2.05) is 93.6 Å². The van der Waals surface area contributed by atoms with Gasteiger partial charge in [-0.05, 0) is 76.3 Å². The maximum absolute atomic E-state index is 14.7. The van der Waals surface area contributed by atoms with E-state index in [0.29, 0.717) is 18.7 Å². The van der Waals surface area contributed by atoms with E-state index in [-0.39, 0.29) is 18.2 Å². The van der Waals surface area contributed by atoms with Gasteiger partial charge in [0.2, 0.25) is 5.91 Å². The van der Waals surface area contributed by atoms with Gasteiger partial charge in [-0.2, -0.15) is 0 Å². The molecule has 0 spiro atoms. The van der Waals surface area contributed by atoms with Gasteiger partial charge in [0.1, 0.15) is 17.7 Å². The molecule has 0 heterocycles. The summed E-state index contributed by atoms with van der Waals surface area (Å²) in [7, 11) is 0. The molecule has 2 N–H and O–H groups in total. The predicted molar refractivity (Wildman–Crippen MR) is 173 cm³/mol. The second-order valence-electron chi connectivity index (χ2n) is 12.2. The summed E-state index contributed by atoms with van der Waals surface area (Å²) in [6.45, 7) is 13.7. The number of hydrogen-bond donors (Lipinski definition) is 2. The molecule has 0 aliphatic carbocycles. The van der Waals surface area contributed by atoms with E-state index in [0.717, 1.165) is 40.7 Å². The van der Waals surface area contributed by atoms with E-state index >= 15 is 0 Å². The second kappa shape index (κ2) is 15.4. The molecule has 2 unspecified atom stereocenters. The van der Waals surface area contributed by atoms with Crippen LogP contribution in [0.2, 0.25) is 0 Å². The molecule has 230 valence electrons. The number of nitrogens with one attached hydrogen (secondary N) is 2. The third-order valence-electron chi connectivity index (χ3n) is 7.25. The number of rotatable bonds is 12. The first-order valence-electron chi connectivity index (χ1n) is 15.2. The molecule has 3 rings (SSSR count). The monoisotopic (exact) mass is 585 g/mol. The lowest BCUT2D eigenvalue weighted by Crippen LogP contribution is -2.53. The highest BCUT2D eigenvalue weighted by atomic mass is 16.6. The number of para-hydroxylation sites is 1. The molecule has 43 heavy (non-hydrogen) atoms. The molecule has 0 aliphatic rings. The van der Waals surface area contributed by atoms with Crippen molar-refractivity contribution in [2.75, 3.05) is 11.9 Å². The summed E-state index contributed by atoms with van der Waals surface area (Å²) in [5.41, 5.74) is 4.42. The second-order valence-corrected chi connectivity index (χ2v) is 12.2. The van der Waals surface area contributed by atoms with Gasteiger partial charge in [0.25, 0.3) is 5.91 Å². The number of anilines is 1. The minimum atomic E-state index is -0.947. The topological polar surface area (TPSA) is 87.7 Å². The first-order chi connectivity index (χ1) is 20.4. The number of nitrogens with zero attached hydrogens (tertiary/aromatic N) is 1. The summed E-state index contributed by atoms with van der Waals surface area (Å²) in [6, 6.07) is 21.2. The molecule has 7 heteroatoms. The van der Waals surface area contributed by atoms with E-state index in [2.05, 4.69) is 17.6 Å². The summed E-state index contributed by atoms with van der Waals surface area (Å²) in [6.07, 6.45) is 2.14. The van der Waals surface area contributed by atoms with Crippen molar-refractivity contribution >= 4 is 23.6 Å². The largest absolute Gasteiger partial charge is 0.444 e. The maximum Gasteiger partial charge on any atom is 0.408 e. The third-order valence-corrected chi connectivity index (χ3v) is 7.25. The summed E-state index contributed by atoms with van der Waals surface area (Å²) in [5, 5.41) is 5.94. The van der Waals surface area contributed by atoms with Crippen molar-refractivity contribution in [3.8, 4) is 0 Å². The molecule has 0 aromatic heterocycles. The van der Waals surface area contributed by atoms with Crippen LogP contribution in [0.4, 0.5) is 10.5 Å². The molecule has 0 fully saturated rings. The van der Waals surface area contributed by atoms with Crippen LogP contribution in [0, 0.1) is 20.8 Å². The molecule has 2 atom stereocenters. The molecule has 3 aromatic carbocycles. The Hall–Kier alpha value is -4.13. The predicted octanol–water partition coefficient (Wildman–Crippen LogP) is 7.45. The van der Waals surface area contributed by atoms with E-state index in [1.54, 1.807) is 25.7 Å². The van der Waals surface area contributed by atoms with Crippen LogP contribution < -0.4 is 10.6 Å². The van der Waals surface area contributed by atoms with Crippen molar-refractivity contribution in [1.82, 2.24) is 10.2 Å². The summed E-state index contributed by atoms with van der Waals surface area (Å²) < 4.78 is 5.55. The molecule has 3 aromatic rings. The zero-order valence-corrected chi connectivity index (χ0v) is 26.7. The highest BCUT2D eigenvalue weighted by Crippen LogP contribution is 2.29. The highest BCUT2D eigenvalue weighted by Gasteiger charge is 2.37. The zero-order valence-electron chi connectivity index (χ0n) is 26.7. The van der Waals surface area contributed by atoms with Crippen molar-refractivity contribution in [2.24, 2.45) is 0 Å². The van der Waals surface area contributed by atoms with Crippen LogP contribution in [0.5, 0.6) is 0 Å². The molecule has 7 nitrogen and oxygen atoms in total. The van der Waals surface area contributed by atoms with Crippen LogP contribution in [-0.4, -0.2) is 41.0 Å². The molecule has 0 aliphatic heterocycles. The third kappa shape index (κ3) is 9.98. The van der Waals surface area contributed by atoms with E-state index in [1.165, 1.54) is 0 Å². The number of hydrogen-bond acceptors (Lipinski definition) is 4. The van der Waals surface area contributed by atoms with Crippen molar-refractivity contribution in [2.45, 2.75) is 91.8 Å². The van der Waals surface area contributed by atoms with E-state index in [4.69, 9.17) is 4.74 Å². The summed E-state index contributed by atoms with van der Waals surface area (Å²) >= 11 is 0. The average molecular weight is 586 g/mol. The Balaban J connectivity index is 2.11. The lowest BCUT2D eigenvalue weighted by atomic mass is 9.95. The quantitative estimate of drug-likeness (QED) is 0.216. The Morgan fingerprint density at radius 1 is 0.860 bits per heavy atom. The van der Waals surface area contributed by atoms with E-state index < -0.39 is 23.8 Å². The molecular formula is C36H47N3O4. The van der Waals surface area contributed by atoms with Crippen LogP contribution in [0.15, 0.2) is 72.8 Å². The fraction of sp³-hybridized carbons (Fsp3) is 0.417. The maximum atomic E-state index is 14.7. The molecule has 0 bridgehead atoms. The van der Waals surface area contributed by atoms with Gasteiger partial charge < -0.3 is 20.3 Å². The number of carbonyl (C=O) groups is 3. The van der Waals surface area contributed by atoms with Crippen LogP contribution in [0.25, 0.3) is 0 Å². The molecular weight excluding hydrogens is 538 g/mol. The number of unbranched alkanes of at least 4 members (excludes halogenated alkanes) is 2. The number of carbonyl (C=O) groups excluding carboxylic acids is 3. The summed E-state index contributed by atoms with van der Waals surface area (Å²) in [4.78, 5) is 43.6. The van der Waals surface area contributed by atoms with Gasteiger partial charge in [-0.3, -0.25) is 9.59 Å². The van der Waals surface area contributed by atoms with Crippen LogP contribution in [-0.2, 0) is 20.7 Å². The Bertz CT molecular complexity index is 1380. The SMILES string of the molecule is CCCCCN(C(=O)C(Cc1ccccc1)NC(=O)OC(C)(C)C)C(C(=O)Nc1ccccc1C)c1cc(C)ccc1C. The van der Waals surface area contributed by atoms with Gasteiger partial charge >= 0.3 is 6.09 Å². The van der Waals surface area contributed by atoms with Crippen molar-refractivity contribution in [3.63, 3.8) is 0 Å². The van der Waals surface area contributed by atoms with Gasteiger partial charge in [0.15, 0.2) is 0 Å². The number of amides is 3. The van der Waals surface area contributed by atoms with Crippen LogP contribution in [0.3, 0.4) is 0 Å². The number of aryl methyl sites for hydroxylation is 3. The Labute approximate surface area is 257 Å². The molecule has 0 saturated carbocycles. The summed E-state index contributed by atoms with van der Waals surface area (Å²) in [5.74, 6) is -0.639. The Morgan fingerprint density at radius 2 is 1.53 bits per heavy atom.